The zero-order valence-corrected chi connectivity index (χ0v) is 11.8. The number of anilines is 1. The van der Waals surface area contributed by atoms with Crippen molar-refractivity contribution < 1.29 is 0 Å². The van der Waals surface area contributed by atoms with E-state index in [1.807, 2.05) is 6.92 Å². The van der Waals surface area contributed by atoms with E-state index in [0.717, 1.165) is 36.7 Å². The molecule has 1 aromatic heterocycles. The topological polar surface area (TPSA) is 29.0 Å². The summed E-state index contributed by atoms with van der Waals surface area (Å²) in [5, 5.41) is 0.594. The molecule has 0 aliphatic carbocycles. The van der Waals surface area contributed by atoms with Gasteiger partial charge in [-0.3, -0.25) is 0 Å². The molecule has 0 radical (unpaired) electrons. The van der Waals surface area contributed by atoms with E-state index >= 15 is 0 Å². The monoisotopic (exact) mass is 253 g/mol. The van der Waals surface area contributed by atoms with Crippen LogP contribution in [0.25, 0.3) is 0 Å². The SMILES string of the molecule is CCc1nc(Cl)c(C)c(N2CCC(C)(C)C2)n1. The largest absolute Gasteiger partial charge is 0.356 e. The summed E-state index contributed by atoms with van der Waals surface area (Å²) in [5.41, 5.74) is 1.37. The Hall–Kier alpha value is -0.830. The van der Waals surface area contributed by atoms with Crippen LogP contribution in [0.15, 0.2) is 0 Å². The Morgan fingerprint density at radius 3 is 2.59 bits per heavy atom. The number of aromatic nitrogens is 2. The summed E-state index contributed by atoms with van der Waals surface area (Å²) in [4.78, 5) is 11.3. The summed E-state index contributed by atoms with van der Waals surface area (Å²) in [5.74, 6) is 1.85. The minimum Gasteiger partial charge on any atom is -0.356 e. The minimum absolute atomic E-state index is 0.371. The number of hydrogen-bond acceptors (Lipinski definition) is 3. The molecule has 2 heterocycles. The first-order chi connectivity index (χ1) is 7.93. The van der Waals surface area contributed by atoms with Crippen molar-refractivity contribution in [3.63, 3.8) is 0 Å². The summed E-state index contributed by atoms with van der Waals surface area (Å²) in [7, 11) is 0. The van der Waals surface area contributed by atoms with Crippen molar-refractivity contribution in [1.29, 1.82) is 0 Å². The average molecular weight is 254 g/mol. The Balaban J connectivity index is 2.35. The van der Waals surface area contributed by atoms with Gasteiger partial charge in [0.15, 0.2) is 0 Å². The van der Waals surface area contributed by atoms with E-state index in [1.165, 1.54) is 6.42 Å². The van der Waals surface area contributed by atoms with E-state index < -0.39 is 0 Å². The lowest BCUT2D eigenvalue weighted by atomic mass is 9.93. The first-order valence-electron chi connectivity index (χ1n) is 6.21. The van der Waals surface area contributed by atoms with Gasteiger partial charge in [-0.2, -0.15) is 0 Å². The van der Waals surface area contributed by atoms with Crippen LogP contribution in [0.4, 0.5) is 5.82 Å². The van der Waals surface area contributed by atoms with Crippen molar-refractivity contribution in [2.45, 2.75) is 40.5 Å². The van der Waals surface area contributed by atoms with Crippen LogP contribution >= 0.6 is 11.6 Å². The first-order valence-corrected chi connectivity index (χ1v) is 6.59. The maximum Gasteiger partial charge on any atom is 0.137 e. The van der Waals surface area contributed by atoms with Gasteiger partial charge in [-0.25, -0.2) is 9.97 Å². The quantitative estimate of drug-likeness (QED) is 0.758. The Morgan fingerprint density at radius 1 is 1.35 bits per heavy atom. The van der Waals surface area contributed by atoms with Crippen LogP contribution in [0.3, 0.4) is 0 Å². The molecule has 4 heteroatoms. The molecule has 1 aliphatic rings. The third-order valence-corrected chi connectivity index (χ3v) is 3.77. The van der Waals surface area contributed by atoms with E-state index in [1.54, 1.807) is 0 Å². The van der Waals surface area contributed by atoms with Gasteiger partial charge in [0.25, 0.3) is 0 Å². The van der Waals surface area contributed by atoms with Crippen molar-refractivity contribution in [2.24, 2.45) is 5.41 Å². The second kappa shape index (κ2) is 4.45. The normalized spacial score (nSPS) is 18.8. The van der Waals surface area contributed by atoms with E-state index in [0.29, 0.717) is 10.6 Å². The van der Waals surface area contributed by atoms with Crippen LogP contribution in [0.2, 0.25) is 5.15 Å². The molecule has 0 amide bonds. The third kappa shape index (κ3) is 2.54. The number of halogens is 1. The predicted octanol–water partition coefficient (Wildman–Crippen LogP) is 3.24. The zero-order valence-electron chi connectivity index (χ0n) is 11.0. The third-order valence-electron chi connectivity index (χ3n) is 3.40. The first kappa shape index (κ1) is 12.6. The molecule has 0 saturated carbocycles. The highest BCUT2D eigenvalue weighted by Crippen LogP contribution is 2.34. The molecule has 1 fully saturated rings. The Morgan fingerprint density at radius 2 is 2.06 bits per heavy atom. The van der Waals surface area contributed by atoms with Crippen LogP contribution in [-0.4, -0.2) is 23.1 Å². The lowest BCUT2D eigenvalue weighted by Crippen LogP contribution is -2.25. The van der Waals surface area contributed by atoms with Gasteiger partial charge >= 0.3 is 0 Å². The zero-order chi connectivity index (χ0) is 12.6. The molecule has 0 aromatic carbocycles. The lowest BCUT2D eigenvalue weighted by Gasteiger charge is -2.22. The average Bonchev–Trinajstić information content (AvgIpc) is 2.62. The summed E-state index contributed by atoms with van der Waals surface area (Å²) in [6.07, 6.45) is 2.03. The molecule has 1 aliphatic heterocycles. The summed E-state index contributed by atoms with van der Waals surface area (Å²) < 4.78 is 0. The molecule has 3 nitrogen and oxygen atoms in total. The summed E-state index contributed by atoms with van der Waals surface area (Å²) in [6, 6.07) is 0. The van der Waals surface area contributed by atoms with Crippen LogP contribution in [0.5, 0.6) is 0 Å². The minimum atomic E-state index is 0.371. The molecule has 17 heavy (non-hydrogen) atoms. The van der Waals surface area contributed by atoms with Crippen molar-refractivity contribution in [1.82, 2.24) is 9.97 Å². The fourth-order valence-electron chi connectivity index (χ4n) is 2.28. The number of aryl methyl sites for hydroxylation is 1. The Kier molecular flexibility index (Phi) is 3.30. The molecule has 0 N–H and O–H groups in total. The number of nitrogens with zero attached hydrogens (tertiary/aromatic N) is 3. The van der Waals surface area contributed by atoms with Crippen molar-refractivity contribution in [2.75, 3.05) is 18.0 Å². The van der Waals surface area contributed by atoms with Crippen LogP contribution < -0.4 is 4.90 Å². The highest BCUT2D eigenvalue weighted by molar-refractivity contribution is 6.30. The van der Waals surface area contributed by atoms with Gasteiger partial charge in [-0.05, 0) is 18.8 Å². The van der Waals surface area contributed by atoms with Crippen LogP contribution in [0, 0.1) is 12.3 Å². The molecule has 0 bridgehead atoms. The van der Waals surface area contributed by atoms with E-state index in [9.17, 15) is 0 Å². The van der Waals surface area contributed by atoms with E-state index in [4.69, 9.17) is 11.6 Å². The van der Waals surface area contributed by atoms with Gasteiger partial charge in [-0.1, -0.05) is 32.4 Å². The fourth-order valence-corrected chi connectivity index (χ4v) is 2.46. The maximum atomic E-state index is 6.17. The maximum absolute atomic E-state index is 6.17. The van der Waals surface area contributed by atoms with Crippen LogP contribution in [-0.2, 0) is 6.42 Å². The molecule has 0 atom stereocenters. The Labute approximate surface area is 108 Å². The second-order valence-electron chi connectivity index (χ2n) is 5.57. The van der Waals surface area contributed by atoms with Crippen LogP contribution in [0.1, 0.15) is 38.6 Å². The fraction of sp³-hybridized carbons (Fsp3) is 0.692. The Bertz CT molecular complexity index is 429. The van der Waals surface area contributed by atoms with Crippen molar-refractivity contribution in [3.05, 3.63) is 16.5 Å². The molecule has 94 valence electrons. The smallest absolute Gasteiger partial charge is 0.137 e. The van der Waals surface area contributed by atoms with Crippen molar-refractivity contribution in [3.8, 4) is 0 Å². The van der Waals surface area contributed by atoms with Gasteiger partial charge < -0.3 is 4.90 Å². The molecular weight excluding hydrogens is 234 g/mol. The van der Waals surface area contributed by atoms with E-state index in [-0.39, 0.29) is 0 Å². The molecular formula is C13H20ClN3. The second-order valence-corrected chi connectivity index (χ2v) is 5.93. The van der Waals surface area contributed by atoms with Crippen molar-refractivity contribution >= 4 is 17.4 Å². The highest BCUT2D eigenvalue weighted by Gasteiger charge is 2.31. The molecule has 0 unspecified atom stereocenters. The molecule has 0 spiro atoms. The number of hydrogen-bond donors (Lipinski definition) is 0. The predicted molar refractivity (Wildman–Crippen MR) is 71.8 cm³/mol. The molecule has 1 saturated heterocycles. The highest BCUT2D eigenvalue weighted by atomic mass is 35.5. The molecule has 2 rings (SSSR count). The summed E-state index contributed by atoms with van der Waals surface area (Å²) in [6.45, 7) is 10.8. The van der Waals surface area contributed by atoms with Gasteiger partial charge in [-0.15, -0.1) is 0 Å². The molecule has 1 aromatic rings. The van der Waals surface area contributed by atoms with Gasteiger partial charge in [0.2, 0.25) is 0 Å². The van der Waals surface area contributed by atoms with Gasteiger partial charge in [0.1, 0.15) is 16.8 Å². The number of rotatable bonds is 2. The lowest BCUT2D eigenvalue weighted by molar-refractivity contribution is 0.418. The van der Waals surface area contributed by atoms with Gasteiger partial charge in [0, 0.05) is 25.1 Å². The van der Waals surface area contributed by atoms with Gasteiger partial charge in [0.05, 0.1) is 0 Å². The van der Waals surface area contributed by atoms with E-state index in [2.05, 4.69) is 35.6 Å². The standard InChI is InChI=1S/C13H20ClN3/c1-5-10-15-11(14)9(2)12(16-10)17-7-6-13(3,4)8-17/h5-8H2,1-4H3. The summed E-state index contributed by atoms with van der Waals surface area (Å²) >= 11 is 6.17.